The number of amides is 2. The molecule has 152 valence electrons. The number of nitrogens with one attached hydrogen (secondary N) is 2. The van der Waals surface area contributed by atoms with Crippen LogP contribution in [0.25, 0.3) is 11.0 Å². The topological polar surface area (TPSA) is 91.7 Å². The van der Waals surface area contributed by atoms with Crippen LogP contribution >= 0.6 is 0 Å². The lowest BCUT2D eigenvalue weighted by atomic mass is 9.92. The first-order valence-corrected chi connectivity index (χ1v) is 9.98. The van der Waals surface area contributed by atoms with E-state index in [1.54, 1.807) is 23.1 Å². The molecule has 5 rings (SSSR count). The molecule has 3 aromatic rings. The Kier molecular flexibility index (Phi) is 4.13. The maximum atomic E-state index is 13.0. The predicted molar refractivity (Wildman–Crippen MR) is 113 cm³/mol. The number of nitrogens with zero attached hydrogens (tertiary/aromatic N) is 1. The predicted octanol–water partition coefficient (Wildman–Crippen LogP) is 2.89. The van der Waals surface area contributed by atoms with Crippen LogP contribution < -0.4 is 16.1 Å². The van der Waals surface area contributed by atoms with Crippen LogP contribution in [0.4, 0.5) is 5.69 Å². The highest BCUT2D eigenvalue weighted by Crippen LogP contribution is 2.31. The summed E-state index contributed by atoms with van der Waals surface area (Å²) in [7, 11) is 0. The fourth-order valence-corrected chi connectivity index (χ4v) is 4.24. The number of likely N-dealkylation sites (tertiary alicyclic amines) is 1. The molecule has 7 nitrogen and oxygen atoms in total. The van der Waals surface area contributed by atoms with Gasteiger partial charge in [-0.25, -0.2) is 0 Å². The summed E-state index contributed by atoms with van der Waals surface area (Å²) in [5.74, 6) is -0.384. The molecule has 2 aliphatic rings. The molecule has 0 atom stereocenters. The average Bonchev–Trinajstić information content (AvgIpc) is 2.74. The highest BCUT2D eigenvalue weighted by atomic mass is 16.3. The van der Waals surface area contributed by atoms with E-state index >= 15 is 0 Å². The summed E-state index contributed by atoms with van der Waals surface area (Å²) in [6.07, 6.45) is 1.10. The second-order valence-electron chi connectivity index (χ2n) is 7.97. The number of piperidine rings is 1. The van der Waals surface area contributed by atoms with E-state index < -0.39 is 5.66 Å². The normalized spacial score (nSPS) is 17.4. The Hall–Kier alpha value is -3.61. The minimum absolute atomic E-state index is 0.0401. The van der Waals surface area contributed by atoms with Gasteiger partial charge in [-0.05, 0) is 31.2 Å². The molecule has 0 bridgehead atoms. The molecule has 2 aromatic carbocycles. The molecular weight excluding hydrogens is 382 g/mol. The van der Waals surface area contributed by atoms with E-state index in [0.717, 1.165) is 11.3 Å². The van der Waals surface area contributed by atoms with E-state index in [1.165, 1.54) is 6.07 Å². The van der Waals surface area contributed by atoms with Crippen molar-refractivity contribution in [2.45, 2.75) is 25.4 Å². The summed E-state index contributed by atoms with van der Waals surface area (Å²) >= 11 is 0. The van der Waals surface area contributed by atoms with E-state index in [2.05, 4.69) is 10.6 Å². The number of anilines is 1. The van der Waals surface area contributed by atoms with Gasteiger partial charge in [0.05, 0.1) is 10.9 Å². The number of rotatable bonds is 1. The molecule has 1 aromatic heterocycles. The quantitative estimate of drug-likeness (QED) is 0.652. The van der Waals surface area contributed by atoms with Crippen molar-refractivity contribution in [2.24, 2.45) is 0 Å². The number of carbonyl (C=O) groups excluding carboxylic acids is 2. The Bertz CT molecular complexity index is 1240. The molecule has 1 spiro atoms. The highest BCUT2D eigenvalue weighted by Gasteiger charge is 2.41. The summed E-state index contributed by atoms with van der Waals surface area (Å²) in [5, 5.41) is 6.97. The van der Waals surface area contributed by atoms with Gasteiger partial charge in [-0.2, -0.15) is 0 Å². The van der Waals surface area contributed by atoms with Crippen LogP contribution in [0, 0.1) is 6.92 Å². The van der Waals surface area contributed by atoms with Gasteiger partial charge in [0.1, 0.15) is 11.2 Å². The molecule has 2 amide bonds. The molecule has 0 saturated carbocycles. The zero-order valence-electron chi connectivity index (χ0n) is 16.5. The molecule has 2 aliphatic heterocycles. The molecule has 3 heterocycles. The molecule has 0 radical (unpaired) electrons. The van der Waals surface area contributed by atoms with Crippen LogP contribution in [-0.2, 0) is 0 Å². The Morgan fingerprint density at radius 3 is 2.60 bits per heavy atom. The van der Waals surface area contributed by atoms with Crippen molar-refractivity contribution in [3.63, 3.8) is 0 Å². The van der Waals surface area contributed by atoms with Crippen LogP contribution in [0.15, 0.2) is 57.7 Å². The molecule has 1 saturated heterocycles. The van der Waals surface area contributed by atoms with Gasteiger partial charge < -0.3 is 20.0 Å². The van der Waals surface area contributed by atoms with Gasteiger partial charge in [-0.3, -0.25) is 14.4 Å². The van der Waals surface area contributed by atoms with Crippen LogP contribution in [0.5, 0.6) is 0 Å². The van der Waals surface area contributed by atoms with E-state index in [9.17, 15) is 14.4 Å². The van der Waals surface area contributed by atoms with Crippen molar-refractivity contribution in [3.05, 3.63) is 75.6 Å². The maximum Gasteiger partial charge on any atom is 0.289 e. The zero-order valence-corrected chi connectivity index (χ0v) is 16.5. The number of benzene rings is 2. The number of hydrogen-bond acceptors (Lipinski definition) is 5. The van der Waals surface area contributed by atoms with Crippen molar-refractivity contribution in [1.29, 1.82) is 0 Å². The van der Waals surface area contributed by atoms with Gasteiger partial charge in [0.15, 0.2) is 11.2 Å². The third kappa shape index (κ3) is 3.03. The number of para-hydroxylation sites is 1. The average molecular weight is 403 g/mol. The van der Waals surface area contributed by atoms with Gasteiger partial charge in [0, 0.05) is 37.7 Å². The monoisotopic (exact) mass is 403 g/mol. The highest BCUT2D eigenvalue weighted by molar-refractivity contribution is 6.02. The Labute approximate surface area is 172 Å². The minimum atomic E-state index is -0.579. The lowest BCUT2D eigenvalue weighted by molar-refractivity contribution is 0.0612. The lowest BCUT2D eigenvalue weighted by Gasteiger charge is -2.45. The van der Waals surface area contributed by atoms with E-state index in [4.69, 9.17) is 4.42 Å². The van der Waals surface area contributed by atoms with Crippen molar-refractivity contribution >= 4 is 28.5 Å². The first-order chi connectivity index (χ1) is 14.4. The van der Waals surface area contributed by atoms with Crippen molar-refractivity contribution in [2.75, 3.05) is 18.4 Å². The summed E-state index contributed by atoms with van der Waals surface area (Å²) in [6, 6.07) is 14.0. The number of fused-ring (bicyclic) bond motifs is 2. The van der Waals surface area contributed by atoms with E-state index in [0.29, 0.717) is 42.5 Å². The summed E-state index contributed by atoms with van der Waals surface area (Å²) in [6.45, 7) is 2.77. The van der Waals surface area contributed by atoms with Crippen molar-refractivity contribution < 1.29 is 14.0 Å². The second-order valence-corrected chi connectivity index (χ2v) is 7.97. The van der Waals surface area contributed by atoms with Gasteiger partial charge in [-0.1, -0.05) is 23.8 Å². The van der Waals surface area contributed by atoms with Crippen molar-refractivity contribution in [3.8, 4) is 0 Å². The third-order valence-corrected chi connectivity index (χ3v) is 5.90. The van der Waals surface area contributed by atoms with Crippen LogP contribution in [-0.4, -0.2) is 35.5 Å². The van der Waals surface area contributed by atoms with Crippen LogP contribution in [0.3, 0.4) is 0 Å². The Morgan fingerprint density at radius 1 is 1.03 bits per heavy atom. The van der Waals surface area contributed by atoms with E-state index in [-0.39, 0.29) is 23.0 Å². The smallest absolute Gasteiger partial charge is 0.289 e. The van der Waals surface area contributed by atoms with Gasteiger partial charge in [-0.15, -0.1) is 0 Å². The fourth-order valence-electron chi connectivity index (χ4n) is 4.24. The zero-order chi connectivity index (χ0) is 20.9. The summed E-state index contributed by atoms with van der Waals surface area (Å²) in [4.78, 5) is 39.6. The Balaban J connectivity index is 1.36. The van der Waals surface area contributed by atoms with Crippen LogP contribution in [0.1, 0.15) is 39.3 Å². The molecular formula is C23H21N3O4. The first-order valence-electron chi connectivity index (χ1n) is 9.98. The largest absolute Gasteiger partial charge is 0.451 e. The molecule has 2 N–H and O–H groups in total. The second kappa shape index (κ2) is 6.73. The minimum Gasteiger partial charge on any atom is -0.451 e. The fraction of sp³-hybridized carbons (Fsp3) is 0.261. The molecule has 30 heavy (non-hydrogen) atoms. The maximum absolute atomic E-state index is 13.0. The van der Waals surface area contributed by atoms with E-state index in [1.807, 2.05) is 31.2 Å². The SMILES string of the molecule is Cc1ccc2oc(C(=O)N3CCC4(CC3)NC(=O)c3ccccc3N4)cc(=O)c2c1. The standard InChI is InChI=1S/C23H21N3O4/c1-14-6-7-19-16(12-14)18(27)13-20(30-19)22(29)26-10-8-23(9-11-26)24-17-5-3-2-4-15(17)21(28)25-23/h2-7,12-13,24H,8-11H2,1H3,(H,25,28). The van der Waals surface area contributed by atoms with Gasteiger partial charge >= 0.3 is 0 Å². The number of aryl methyl sites for hydroxylation is 1. The van der Waals surface area contributed by atoms with Crippen molar-refractivity contribution in [1.82, 2.24) is 10.2 Å². The summed E-state index contributed by atoms with van der Waals surface area (Å²) in [5.41, 5.74) is 1.98. The Morgan fingerprint density at radius 2 is 1.80 bits per heavy atom. The molecule has 7 heteroatoms. The molecule has 0 unspecified atom stereocenters. The third-order valence-electron chi connectivity index (χ3n) is 5.90. The molecule has 1 fully saturated rings. The number of hydrogen-bond donors (Lipinski definition) is 2. The van der Waals surface area contributed by atoms with Gasteiger partial charge in [0.25, 0.3) is 11.8 Å². The molecule has 0 aliphatic carbocycles. The summed E-state index contributed by atoms with van der Waals surface area (Å²) < 4.78 is 5.74. The first kappa shape index (κ1) is 18.4. The van der Waals surface area contributed by atoms with Crippen LogP contribution in [0.2, 0.25) is 0 Å². The lowest BCUT2D eigenvalue weighted by Crippen LogP contribution is -2.62. The van der Waals surface area contributed by atoms with Gasteiger partial charge in [0.2, 0.25) is 0 Å². The number of carbonyl (C=O) groups is 2.